The zero-order valence-corrected chi connectivity index (χ0v) is 12.0. The van der Waals surface area contributed by atoms with Gasteiger partial charge in [0.25, 0.3) is 5.91 Å². The molecule has 1 fully saturated rings. The molecule has 3 amide bonds. The molecule has 1 aromatic carbocycles. The van der Waals surface area contributed by atoms with Crippen LogP contribution in [0.25, 0.3) is 0 Å². The summed E-state index contributed by atoms with van der Waals surface area (Å²) < 4.78 is 19.2. The molecule has 0 radical (unpaired) electrons. The number of nitrogens with zero attached hydrogens (tertiary/aromatic N) is 1. The molecule has 3 rings (SSSR count). The van der Waals surface area contributed by atoms with Crippen LogP contribution in [0.1, 0.15) is 35.2 Å². The number of hydrogen-bond acceptors (Lipinski definition) is 4. The molecule has 1 atom stereocenters. The van der Waals surface area contributed by atoms with E-state index in [-0.39, 0.29) is 36.0 Å². The van der Waals surface area contributed by atoms with Crippen LogP contribution < -0.4 is 10.1 Å². The Kier molecular flexibility index (Phi) is 3.56. The Hall–Kier alpha value is -2.44. The molecular formula is C15H15FN2O4. The molecule has 0 spiro atoms. The van der Waals surface area contributed by atoms with E-state index in [2.05, 4.69) is 5.32 Å². The number of urea groups is 1. The molecule has 1 aliphatic heterocycles. The first-order valence-corrected chi connectivity index (χ1v) is 7.05. The molecule has 0 aromatic heterocycles. The van der Waals surface area contributed by atoms with Crippen LogP contribution in [0.5, 0.6) is 5.75 Å². The topological polar surface area (TPSA) is 75.7 Å². The van der Waals surface area contributed by atoms with Gasteiger partial charge in [0, 0.05) is 25.1 Å². The van der Waals surface area contributed by atoms with Gasteiger partial charge in [0.1, 0.15) is 11.6 Å². The third kappa shape index (κ3) is 2.32. The molecule has 7 heteroatoms. The first kappa shape index (κ1) is 14.5. The second-order valence-corrected chi connectivity index (χ2v) is 5.43. The van der Waals surface area contributed by atoms with Gasteiger partial charge in [-0.2, -0.15) is 0 Å². The highest BCUT2D eigenvalue weighted by atomic mass is 19.1. The highest BCUT2D eigenvalue weighted by molar-refractivity contribution is 6.04. The van der Waals surface area contributed by atoms with Crippen molar-refractivity contribution in [3.05, 3.63) is 29.1 Å². The van der Waals surface area contributed by atoms with Crippen LogP contribution in [0, 0.1) is 5.82 Å². The number of amides is 3. The zero-order chi connectivity index (χ0) is 15.9. The van der Waals surface area contributed by atoms with Crippen LogP contribution in [-0.2, 0) is 4.79 Å². The van der Waals surface area contributed by atoms with Gasteiger partial charge in [-0.1, -0.05) is 6.92 Å². The summed E-state index contributed by atoms with van der Waals surface area (Å²) in [6, 6.07) is 2.13. The van der Waals surface area contributed by atoms with Gasteiger partial charge in [-0.25, -0.2) is 9.18 Å². The van der Waals surface area contributed by atoms with Crippen molar-refractivity contribution in [2.24, 2.45) is 0 Å². The molecule has 1 heterocycles. The van der Waals surface area contributed by atoms with E-state index in [0.717, 1.165) is 4.90 Å². The van der Waals surface area contributed by atoms with Crippen molar-refractivity contribution in [3.63, 3.8) is 0 Å². The van der Waals surface area contributed by atoms with E-state index >= 15 is 0 Å². The van der Waals surface area contributed by atoms with Gasteiger partial charge in [0.2, 0.25) is 0 Å². The average Bonchev–Trinajstić information content (AvgIpc) is 3.02. The standard InChI is InChI=1S/C15H15FN2O4/c1-8-6-10(19)14-11(3-2-9(16)13(8)14)22-7-12(20)18-5-4-17-15(18)21/h2-3,8H,4-7H2,1H3,(H,17,21)/t8-/m0/s1. The Balaban J connectivity index is 1.78. The fourth-order valence-electron chi connectivity index (χ4n) is 2.87. The van der Waals surface area contributed by atoms with Crippen molar-refractivity contribution < 1.29 is 23.5 Å². The molecule has 0 bridgehead atoms. The Bertz CT molecular complexity index is 674. The number of rotatable bonds is 3. The van der Waals surface area contributed by atoms with Crippen molar-refractivity contribution in [1.29, 1.82) is 0 Å². The van der Waals surface area contributed by atoms with Gasteiger partial charge in [-0.15, -0.1) is 0 Å². The van der Waals surface area contributed by atoms with Gasteiger partial charge in [-0.3, -0.25) is 14.5 Å². The van der Waals surface area contributed by atoms with E-state index in [9.17, 15) is 18.8 Å². The van der Waals surface area contributed by atoms with E-state index in [1.54, 1.807) is 6.92 Å². The van der Waals surface area contributed by atoms with Gasteiger partial charge < -0.3 is 10.1 Å². The number of ether oxygens (including phenoxy) is 1. The zero-order valence-electron chi connectivity index (χ0n) is 12.0. The summed E-state index contributed by atoms with van der Waals surface area (Å²) in [5.41, 5.74) is 0.556. The lowest BCUT2D eigenvalue weighted by molar-refractivity contribution is -0.129. The van der Waals surface area contributed by atoms with Gasteiger partial charge >= 0.3 is 6.03 Å². The number of Topliss-reactive ketones (excluding diaryl/α,β-unsaturated/α-hetero) is 1. The molecular weight excluding hydrogens is 291 g/mol. The van der Waals surface area contributed by atoms with E-state index in [0.29, 0.717) is 18.7 Å². The summed E-state index contributed by atoms with van der Waals surface area (Å²) >= 11 is 0. The second kappa shape index (κ2) is 5.40. The smallest absolute Gasteiger partial charge is 0.324 e. The normalized spacial score (nSPS) is 20.1. The maximum atomic E-state index is 13.9. The number of carbonyl (C=O) groups is 3. The summed E-state index contributed by atoms with van der Waals surface area (Å²) in [6.45, 7) is 2.11. The quantitative estimate of drug-likeness (QED) is 0.917. The van der Waals surface area contributed by atoms with E-state index < -0.39 is 17.8 Å². The number of fused-ring (bicyclic) bond motifs is 1. The second-order valence-electron chi connectivity index (χ2n) is 5.43. The largest absolute Gasteiger partial charge is 0.483 e. The predicted molar refractivity (Wildman–Crippen MR) is 74.4 cm³/mol. The Morgan fingerprint density at radius 2 is 2.23 bits per heavy atom. The number of imide groups is 1. The molecule has 0 saturated carbocycles. The number of nitrogens with one attached hydrogen (secondary N) is 1. The summed E-state index contributed by atoms with van der Waals surface area (Å²) in [5, 5.41) is 2.52. The molecule has 6 nitrogen and oxygen atoms in total. The lowest BCUT2D eigenvalue weighted by atomic mass is 10.0. The highest BCUT2D eigenvalue weighted by Gasteiger charge is 2.33. The molecule has 0 unspecified atom stereocenters. The third-order valence-corrected chi connectivity index (χ3v) is 3.93. The monoisotopic (exact) mass is 306 g/mol. The lowest BCUT2D eigenvalue weighted by Crippen LogP contribution is -2.37. The first-order valence-electron chi connectivity index (χ1n) is 7.05. The number of benzene rings is 1. The average molecular weight is 306 g/mol. The van der Waals surface area contributed by atoms with Crippen molar-refractivity contribution in [2.45, 2.75) is 19.3 Å². The minimum atomic E-state index is -0.494. The fraction of sp³-hybridized carbons (Fsp3) is 0.400. The molecule has 22 heavy (non-hydrogen) atoms. The van der Waals surface area contributed by atoms with Crippen LogP contribution in [-0.4, -0.2) is 42.3 Å². The van der Waals surface area contributed by atoms with E-state index in [4.69, 9.17) is 4.74 Å². The van der Waals surface area contributed by atoms with Crippen LogP contribution >= 0.6 is 0 Å². The van der Waals surface area contributed by atoms with Crippen molar-refractivity contribution in [3.8, 4) is 5.75 Å². The number of hydrogen-bond donors (Lipinski definition) is 1. The lowest BCUT2D eigenvalue weighted by Gasteiger charge is -2.14. The third-order valence-electron chi connectivity index (χ3n) is 3.93. The number of carbonyl (C=O) groups excluding carboxylic acids is 3. The van der Waals surface area contributed by atoms with E-state index in [1.807, 2.05) is 0 Å². The summed E-state index contributed by atoms with van der Waals surface area (Å²) in [6.07, 6.45) is 0.231. The molecule has 1 aliphatic carbocycles. The Labute approximate surface area is 126 Å². The molecule has 1 aromatic rings. The maximum absolute atomic E-state index is 13.9. The SMILES string of the molecule is C[C@H]1CC(=O)c2c(OCC(=O)N3CCNC3=O)ccc(F)c21. The number of ketones is 1. The summed E-state index contributed by atoms with van der Waals surface area (Å²) in [5.74, 6) is -1.13. The highest BCUT2D eigenvalue weighted by Crippen LogP contribution is 2.39. The molecule has 2 aliphatic rings. The first-order chi connectivity index (χ1) is 10.5. The van der Waals surface area contributed by atoms with Crippen LogP contribution in [0.3, 0.4) is 0 Å². The Morgan fingerprint density at radius 1 is 1.45 bits per heavy atom. The number of halogens is 1. The molecule has 1 N–H and O–H groups in total. The van der Waals surface area contributed by atoms with Crippen LogP contribution in [0.4, 0.5) is 9.18 Å². The maximum Gasteiger partial charge on any atom is 0.324 e. The fourth-order valence-corrected chi connectivity index (χ4v) is 2.87. The summed E-state index contributed by atoms with van der Waals surface area (Å²) in [7, 11) is 0. The van der Waals surface area contributed by atoms with Crippen LogP contribution in [0.15, 0.2) is 12.1 Å². The van der Waals surface area contributed by atoms with E-state index in [1.165, 1.54) is 12.1 Å². The van der Waals surface area contributed by atoms with Gasteiger partial charge in [0.15, 0.2) is 12.4 Å². The van der Waals surface area contributed by atoms with Crippen molar-refractivity contribution in [2.75, 3.05) is 19.7 Å². The minimum absolute atomic E-state index is 0.191. The minimum Gasteiger partial charge on any atom is -0.483 e. The predicted octanol–water partition coefficient (Wildman–Crippen LogP) is 1.45. The van der Waals surface area contributed by atoms with Crippen molar-refractivity contribution >= 4 is 17.7 Å². The Morgan fingerprint density at radius 3 is 2.91 bits per heavy atom. The molecule has 1 saturated heterocycles. The van der Waals surface area contributed by atoms with Gasteiger partial charge in [-0.05, 0) is 18.1 Å². The van der Waals surface area contributed by atoms with Crippen molar-refractivity contribution in [1.82, 2.24) is 10.2 Å². The summed E-state index contributed by atoms with van der Waals surface area (Å²) in [4.78, 5) is 36.4. The van der Waals surface area contributed by atoms with Crippen LogP contribution in [0.2, 0.25) is 0 Å². The van der Waals surface area contributed by atoms with Gasteiger partial charge in [0.05, 0.1) is 5.56 Å². The molecule has 116 valence electrons.